The van der Waals surface area contributed by atoms with Crippen LogP contribution in [-0.4, -0.2) is 16.0 Å². The fourth-order valence-corrected chi connectivity index (χ4v) is 1.90. The average Bonchev–Trinajstić information content (AvgIpc) is 2.35. The van der Waals surface area contributed by atoms with Gasteiger partial charge in [0.25, 0.3) is 5.91 Å². The molecule has 2 aromatic rings. The van der Waals surface area contributed by atoms with E-state index in [9.17, 15) is 9.90 Å². The van der Waals surface area contributed by atoms with E-state index in [1.165, 1.54) is 18.2 Å². The second-order valence-electron chi connectivity index (χ2n) is 3.88. The van der Waals surface area contributed by atoms with Gasteiger partial charge in [0, 0.05) is 5.02 Å². The Bertz CT molecular complexity index is 645. The summed E-state index contributed by atoms with van der Waals surface area (Å²) < 4.78 is 0. The summed E-state index contributed by atoms with van der Waals surface area (Å²) >= 11 is 11.5. The summed E-state index contributed by atoms with van der Waals surface area (Å²) in [6.45, 7) is 1.72. The van der Waals surface area contributed by atoms with Crippen LogP contribution in [0.2, 0.25) is 10.2 Å². The van der Waals surface area contributed by atoms with Crippen molar-refractivity contribution in [2.45, 2.75) is 6.92 Å². The minimum atomic E-state index is -0.466. The zero-order valence-corrected chi connectivity index (χ0v) is 11.5. The van der Waals surface area contributed by atoms with Crippen LogP contribution in [0, 0.1) is 6.92 Å². The first kappa shape index (κ1) is 13.6. The molecular formula is C13H10Cl2N2O2. The first-order valence-electron chi connectivity index (χ1n) is 5.40. The minimum absolute atomic E-state index is 0.0989. The van der Waals surface area contributed by atoms with Gasteiger partial charge in [-0.05, 0) is 37.3 Å². The van der Waals surface area contributed by atoms with Crippen LogP contribution in [0.3, 0.4) is 0 Å². The molecule has 2 N–H and O–H groups in total. The van der Waals surface area contributed by atoms with Crippen molar-refractivity contribution in [2.24, 2.45) is 0 Å². The van der Waals surface area contributed by atoms with Crippen molar-refractivity contribution in [3.63, 3.8) is 0 Å². The average molecular weight is 297 g/mol. The molecule has 0 spiro atoms. The lowest BCUT2D eigenvalue weighted by atomic mass is 10.2. The van der Waals surface area contributed by atoms with Crippen LogP contribution in [-0.2, 0) is 0 Å². The SMILES string of the molecule is Cc1nc(Cl)ccc1NC(=O)c1cc(Cl)ccc1O. The summed E-state index contributed by atoms with van der Waals surface area (Å²) in [5.41, 5.74) is 1.21. The Morgan fingerprint density at radius 2 is 2.00 bits per heavy atom. The first-order valence-corrected chi connectivity index (χ1v) is 6.16. The van der Waals surface area contributed by atoms with Crippen molar-refractivity contribution in [2.75, 3.05) is 5.32 Å². The normalized spacial score (nSPS) is 10.3. The number of halogens is 2. The van der Waals surface area contributed by atoms with Crippen molar-refractivity contribution in [1.29, 1.82) is 0 Å². The molecule has 1 aromatic carbocycles. The Kier molecular flexibility index (Phi) is 3.93. The first-order chi connectivity index (χ1) is 8.97. The molecular weight excluding hydrogens is 287 g/mol. The third-order valence-electron chi connectivity index (χ3n) is 2.50. The van der Waals surface area contributed by atoms with E-state index in [0.717, 1.165) is 0 Å². The third kappa shape index (κ3) is 3.16. The molecule has 4 nitrogen and oxygen atoms in total. The number of nitrogens with zero attached hydrogens (tertiary/aromatic N) is 1. The number of phenols is 1. The van der Waals surface area contributed by atoms with Gasteiger partial charge in [0.05, 0.1) is 16.9 Å². The van der Waals surface area contributed by atoms with E-state index in [-0.39, 0.29) is 11.3 Å². The summed E-state index contributed by atoms with van der Waals surface area (Å²) in [7, 11) is 0. The summed E-state index contributed by atoms with van der Waals surface area (Å²) in [5, 5.41) is 13.0. The van der Waals surface area contributed by atoms with Crippen molar-refractivity contribution in [1.82, 2.24) is 4.98 Å². The number of hydrogen-bond donors (Lipinski definition) is 2. The Labute approximate surface area is 120 Å². The number of hydrogen-bond acceptors (Lipinski definition) is 3. The lowest BCUT2D eigenvalue weighted by molar-refractivity contribution is 0.102. The Morgan fingerprint density at radius 1 is 1.26 bits per heavy atom. The molecule has 6 heteroatoms. The quantitative estimate of drug-likeness (QED) is 0.832. The molecule has 0 saturated carbocycles. The Balaban J connectivity index is 2.28. The highest BCUT2D eigenvalue weighted by Gasteiger charge is 2.13. The molecule has 0 saturated heterocycles. The molecule has 0 radical (unpaired) electrons. The molecule has 0 fully saturated rings. The van der Waals surface area contributed by atoms with Crippen LogP contribution in [0.25, 0.3) is 0 Å². The molecule has 2 rings (SSSR count). The number of rotatable bonds is 2. The molecule has 0 aliphatic rings. The number of carbonyl (C=O) groups excluding carboxylic acids is 1. The van der Waals surface area contributed by atoms with Gasteiger partial charge >= 0.3 is 0 Å². The van der Waals surface area contributed by atoms with Gasteiger partial charge in [-0.25, -0.2) is 4.98 Å². The van der Waals surface area contributed by atoms with Gasteiger partial charge in [0.2, 0.25) is 0 Å². The van der Waals surface area contributed by atoms with E-state index >= 15 is 0 Å². The molecule has 1 heterocycles. The fraction of sp³-hybridized carbons (Fsp3) is 0.0769. The van der Waals surface area contributed by atoms with Crippen molar-refractivity contribution < 1.29 is 9.90 Å². The number of nitrogens with one attached hydrogen (secondary N) is 1. The van der Waals surface area contributed by atoms with Gasteiger partial charge in [-0.3, -0.25) is 4.79 Å². The van der Waals surface area contributed by atoms with Crippen LogP contribution < -0.4 is 5.32 Å². The topological polar surface area (TPSA) is 62.2 Å². The molecule has 1 amide bonds. The number of anilines is 1. The van der Waals surface area contributed by atoms with Crippen molar-refractivity contribution in [3.8, 4) is 5.75 Å². The lowest BCUT2D eigenvalue weighted by Crippen LogP contribution is -2.13. The highest BCUT2D eigenvalue weighted by Crippen LogP contribution is 2.23. The molecule has 0 bridgehead atoms. The molecule has 0 aliphatic heterocycles. The van der Waals surface area contributed by atoms with Gasteiger partial charge in [-0.15, -0.1) is 0 Å². The second-order valence-corrected chi connectivity index (χ2v) is 4.71. The standard InChI is InChI=1S/C13H10Cl2N2O2/c1-7-10(3-5-12(15)16-7)17-13(19)9-6-8(14)2-4-11(9)18/h2-6,18H,1H3,(H,17,19). The van der Waals surface area contributed by atoms with E-state index in [1.54, 1.807) is 19.1 Å². The number of pyridine rings is 1. The summed E-state index contributed by atoms with van der Waals surface area (Å²) in [5.74, 6) is -0.603. The van der Waals surface area contributed by atoms with Crippen molar-refractivity contribution in [3.05, 3.63) is 51.8 Å². The molecule has 0 aliphatic carbocycles. The molecule has 0 unspecified atom stereocenters. The highest BCUT2D eigenvalue weighted by molar-refractivity contribution is 6.31. The summed E-state index contributed by atoms with van der Waals surface area (Å²) in [4.78, 5) is 16.1. The van der Waals surface area contributed by atoms with Gasteiger partial charge in [0.15, 0.2) is 0 Å². The number of amides is 1. The molecule has 19 heavy (non-hydrogen) atoms. The molecule has 98 valence electrons. The maximum atomic E-state index is 12.0. The number of phenolic OH excluding ortho intramolecular Hbond substituents is 1. The van der Waals surface area contributed by atoms with E-state index in [4.69, 9.17) is 23.2 Å². The zero-order valence-electron chi connectivity index (χ0n) is 9.95. The second kappa shape index (κ2) is 5.47. The summed E-state index contributed by atoms with van der Waals surface area (Å²) in [6, 6.07) is 7.48. The van der Waals surface area contributed by atoms with Gasteiger partial charge in [0.1, 0.15) is 10.9 Å². The zero-order chi connectivity index (χ0) is 14.0. The van der Waals surface area contributed by atoms with E-state index in [1.807, 2.05) is 0 Å². The number of carbonyl (C=O) groups is 1. The Hall–Kier alpha value is -1.78. The van der Waals surface area contributed by atoms with Crippen LogP contribution >= 0.6 is 23.2 Å². The number of benzene rings is 1. The molecule has 1 aromatic heterocycles. The number of aromatic nitrogens is 1. The monoisotopic (exact) mass is 296 g/mol. The Morgan fingerprint density at radius 3 is 2.68 bits per heavy atom. The molecule has 0 atom stereocenters. The third-order valence-corrected chi connectivity index (χ3v) is 2.95. The van der Waals surface area contributed by atoms with E-state index in [0.29, 0.717) is 21.6 Å². The van der Waals surface area contributed by atoms with Crippen LogP contribution in [0.1, 0.15) is 16.1 Å². The van der Waals surface area contributed by atoms with Gasteiger partial charge < -0.3 is 10.4 Å². The lowest BCUT2D eigenvalue weighted by Gasteiger charge is -2.09. The van der Waals surface area contributed by atoms with Gasteiger partial charge in [-0.1, -0.05) is 23.2 Å². The van der Waals surface area contributed by atoms with Crippen LogP contribution in [0.4, 0.5) is 5.69 Å². The van der Waals surface area contributed by atoms with Crippen molar-refractivity contribution >= 4 is 34.8 Å². The van der Waals surface area contributed by atoms with Crippen LogP contribution in [0.5, 0.6) is 5.75 Å². The fourth-order valence-electron chi connectivity index (χ4n) is 1.54. The van der Waals surface area contributed by atoms with E-state index in [2.05, 4.69) is 10.3 Å². The van der Waals surface area contributed by atoms with Crippen LogP contribution in [0.15, 0.2) is 30.3 Å². The minimum Gasteiger partial charge on any atom is -0.507 e. The van der Waals surface area contributed by atoms with Gasteiger partial charge in [-0.2, -0.15) is 0 Å². The predicted octanol–water partition coefficient (Wildman–Crippen LogP) is 3.65. The number of aromatic hydroxyl groups is 1. The largest absolute Gasteiger partial charge is 0.507 e. The van der Waals surface area contributed by atoms with E-state index < -0.39 is 5.91 Å². The summed E-state index contributed by atoms with van der Waals surface area (Å²) in [6.07, 6.45) is 0. The maximum absolute atomic E-state index is 12.0. The number of aryl methyl sites for hydroxylation is 1. The maximum Gasteiger partial charge on any atom is 0.259 e. The predicted molar refractivity (Wildman–Crippen MR) is 75.1 cm³/mol. The highest BCUT2D eigenvalue weighted by atomic mass is 35.5. The smallest absolute Gasteiger partial charge is 0.259 e.